The number of imidazole rings is 1. The number of hydrogen-bond donors (Lipinski definition) is 3. The van der Waals surface area contributed by atoms with E-state index in [0.29, 0.717) is 0 Å². The van der Waals surface area contributed by atoms with Gasteiger partial charge in [0.15, 0.2) is 11.7 Å². The predicted octanol–water partition coefficient (Wildman–Crippen LogP) is -5.44. The van der Waals surface area contributed by atoms with Crippen LogP contribution in [0.15, 0.2) is 15.9 Å². The second-order valence-corrected chi connectivity index (χ2v) is 6.49. The SMILES string of the molecule is O=c1[nH]c(=O)c2ncn(C3OC4COP(=O)([O-])OC4C3O)c2[nH]1.[Na+]. The van der Waals surface area contributed by atoms with Gasteiger partial charge in [-0.25, -0.2) is 9.78 Å². The van der Waals surface area contributed by atoms with Crippen molar-refractivity contribution in [2.75, 3.05) is 6.61 Å². The van der Waals surface area contributed by atoms with Gasteiger partial charge in [-0.15, -0.1) is 0 Å². The van der Waals surface area contributed by atoms with Gasteiger partial charge in [0.25, 0.3) is 13.4 Å². The van der Waals surface area contributed by atoms with E-state index in [1.54, 1.807) is 0 Å². The fraction of sp³-hybridized carbons (Fsp3) is 0.500. The van der Waals surface area contributed by atoms with Gasteiger partial charge in [0.1, 0.15) is 24.0 Å². The Hall–Kier alpha value is -0.820. The van der Waals surface area contributed by atoms with Crippen LogP contribution in [0.5, 0.6) is 0 Å². The molecule has 4 heterocycles. The molecule has 0 radical (unpaired) electrons. The molecule has 0 aliphatic carbocycles. The summed E-state index contributed by atoms with van der Waals surface area (Å²) < 4.78 is 27.4. The summed E-state index contributed by atoms with van der Waals surface area (Å²) in [5.74, 6) is 0. The van der Waals surface area contributed by atoms with E-state index in [-0.39, 0.29) is 47.3 Å². The number of nitrogens with zero attached hydrogens (tertiary/aromatic N) is 2. The molecule has 2 aliphatic heterocycles. The van der Waals surface area contributed by atoms with Crippen LogP contribution in [0.25, 0.3) is 11.2 Å². The third kappa shape index (κ3) is 2.83. The van der Waals surface area contributed by atoms with Crippen LogP contribution < -0.4 is 45.7 Å². The minimum absolute atomic E-state index is 0. The van der Waals surface area contributed by atoms with E-state index in [2.05, 4.69) is 14.5 Å². The van der Waals surface area contributed by atoms with Crippen LogP contribution in [-0.4, -0.2) is 49.5 Å². The van der Waals surface area contributed by atoms with Crippen molar-refractivity contribution in [3.8, 4) is 0 Å². The molecular weight excluding hydrogens is 358 g/mol. The molecule has 2 aromatic rings. The number of aliphatic hydroxyl groups excluding tert-OH is 1. The molecule has 124 valence electrons. The summed E-state index contributed by atoms with van der Waals surface area (Å²) in [7, 11) is -4.49. The van der Waals surface area contributed by atoms with Gasteiger partial charge in [-0.3, -0.25) is 23.9 Å². The van der Waals surface area contributed by atoms with E-state index in [0.717, 1.165) is 0 Å². The van der Waals surface area contributed by atoms with E-state index in [1.807, 2.05) is 4.98 Å². The zero-order valence-electron chi connectivity index (χ0n) is 12.2. The normalized spacial score (nSPS) is 35.6. The van der Waals surface area contributed by atoms with Gasteiger partial charge in [-0.05, 0) is 0 Å². The summed E-state index contributed by atoms with van der Waals surface area (Å²) in [5, 5.41) is 10.3. The van der Waals surface area contributed by atoms with Gasteiger partial charge in [-0.2, -0.15) is 0 Å². The van der Waals surface area contributed by atoms with Crippen LogP contribution in [0, 0.1) is 0 Å². The van der Waals surface area contributed by atoms with Gasteiger partial charge in [0.05, 0.1) is 12.9 Å². The first-order valence-corrected chi connectivity index (χ1v) is 7.98. The van der Waals surface area contributed by atoms with Crippen molar-refractivity contribution in [1.29, 1.82) is 0 Å². The molecule has 2 fully saturated rings. The smallest absolute Gasteiger partial charge is 0.756 e. The average Bonchev–Trinajstić information content (AvgIpc) is 3.00. The Kier molecular flexibility index (Phi) is 4.62. The molecule has 24 heavy (non-hydrogen) atoms. The Morgan fingerprint density at radius 2 is 2.17 bits per heavy atom. The van der Waals surface area contributed by atoms with Crippen LogP contribution >= 0.6 is 7.82 Å². The molecule has 2 aliphatic rings. The fourth-order valence-corrected chi connectivity index (χ4v) is 3.65. The molecule has 0 spiro atoms. The minimum Gasteiger partial charge on any atom is -0.756 e. The van der Waals surface area contributed by atoms with Gasteiger partial charge >= 0.3 is 35.2 Å². The van der Waals surface area contributed by atoms with Crippen molar-refractivity contribution in [3.05, 3.63) is 27.2 Å². The Morgan fingerprint density at radius 3 is 2.92 bits per heavy atom. The summed E-state index contributed by atoms with van der Waals surface area (Å²) in [6.07, 6.45) is -3.25. The second kappa shape index (κ2) is 6.16. The number of aliphatic hydroxyl groups is 1. The first-order valence-electron chi connectivity index (χ1n) is 6.52. The summed E-state index contributed by atoms with van der Waals surface area (Å²) >= 11 is 0. The Balaban J connectivity index is 0.00000169. The van der Waals surface area contributed by atoms with Crippen molar-refractivity contribution < 1.29 is 57.9 Å². The molecule has 5 unspecified atom stereocenters. The Morgan fingerprint density at radius 1 is 1.42 bits per heavy atom. The number of H-pyrrole nitrogens is 2. The minimum atomic E-state index is -4.49. The summed E-state index contributed by atoms with van der Waals surface area (Å²) in [6, 6.07) is 0. The molecule has 2 aromatic heterocycles. The number of hydrogen-bond acceptors (Lipinski definition) is 9. The Bertz CT molecular complexity index is 939. The van der Waals surface area contributed by atoms with Crippen LogP contribution in [0.4, 0.5) is 0 Å². The molecule has 2 saturated heterocycles. The number of aromatic nitrogens is 4. The quantitative estimate of drug-likeness (QED) is 0.328. The fourth-order valence-electron chi connectivity index (χ4n) is 2.70. The van der Waals surface area contributed by atoms with E-state index >= 15 is 0 Å². The predicted molar refractivity (Wildman–Crippen MR) is 69.3 cm³/mol. The molecule has 12 nitrogen and oxygen atoms in total. The van der Waals surface area contributed by atoms with Gasteiger partial charge in [0.2, 0.25) is 0 Å². The maximum Gasteiger partial charge on any atom is 1.00 e. The first kappa shape index (κ1) is 18.0. The summed E-state index contributed by atoms with van der Waals surface area (Å²) in [5.41, 5.74) is -1.47. The molecular formula is C10H10N4NaO8P. The van der Waals surface area contributed by atoms with E-state index in [9.17, 15) is 24.2 Å². The number of nitrogens with one attached hydrogen (secondary N) is 2. The standard InChI is InChI=1S/C10H11N4O8P.Na/c15-5-6-3(1-20-23(18,19)22-6)21-9(5)14-2-11-4-7(14)12-10(17)13-8(4)16;/h2-3,5-6,9,15H,1H2,(H,18,19)(H2,12,13,16,17);/q;+1/p-1. The maximum atomic E-state index is 11.7. The third-order valence-corrected chi connectivity index (χ3v) is 4.67. The van der Waals surface area contributed by atoms with Gasteiger partial charge in [0, 0.05) is 0 Å². The topological polar surface area (TPSA) is 172 Å². The molecule has 4 rings (SSSR count). The molecule has 0 aromatic carbocycles. The third-order valence-electron chi connectivity index (χ3n) is 3.70. The molecule has 5 atom stereocenters. The van der Waals surface area contributed by atoms with E-state index < -0.39 is 43.6 Å². The Labute approximate surface area is 154 Å². The number of rotatable bonds is 1. The zero-order chi connectivity index (χ0) is 16.4. The number of fused-ring (bicyclic) bond motifs is 2. The summed E-state index contributed by atoms with van der Waals surface area (Å²) in [6.45, 7) is -0.303. The van der Waals surface area contributed by atoms with Crippen molar-refractivity contribution >= 4 is 19.0 Å². The van der Waals surface area contributed by atoms with E-state index in [4.69, 9.17) is 9.26 Å². The number of ether oxygens (including phenoxy) is 1. The maximum absolute atomic E-state index is 11.7. The molecule has 14 heteroatoms. The first-order chi connectivity index (χ1) is 10.9. The van der Waals surface area contributed by atoms with Crippen LogP contribution in [0.2, 0.25) is 0 Å². The van der Waals surface area contributed by atoms with Gasteiger partial charge < -0.3 is 23.8 Å². The van der Waals surface area contributed by atoms with Gasteiger partial charge in [-0.1, -0.05) is 0 Å². The van der Waals surface area contributed by atoms with Crippen LogP contribution in [-0.2, 0) is 18.3 Å². The molecule has 0 bridgehead atoms. The summed E-state index contributed by atoms with van der Waals surface area (Å²) in [4.78, 5) is 42.7. The monoisotopic (exact) mass is 368 g/mol. The second-order valence-electron chi connectivity index (χ2n) is 5.13. The zero-order valence-corrected chi connectivity index (χ0v) is 15.1. The van der Waals surface area contributed by atoms with Crippen molar-refractivity contribution in [2.45, 2.75) is 24.5 Å². The van der Waals surface area contributed by atoms with E-state index in [1.165, 1.54) is 10.9 Å². The largest absolute Gasteiger partial charge is 1.00 e. The molecule has 0 amide bonds. The van der Waals surface area contributed by atoms with Crippen molar-refractivity contribution in [3.63, 3.8) is 0 Å². The molecule has 3 N–H and O–H groups in total. The van der Waals surface area contributed by atoms with Crippen molar-refractivity contribution in [2.24, 2.45) is 0 Å². The van der Waals surface area contributed by atoms with Crippen molar-refractivity contribution in [1.82, 2.24) is 19.5 Å². The van der Waals surface area contributed by atoms with Crippen LogP contribution in [0.1, 0.15) is 6.23 Å². The number of aromatic amines is 2. The van der Waals surface area contributed by atoms with Crippen LogP contribution in [0.3, 0.4) is 0 Å². The molecule has 0 saturated carbocycles. The number of phosphoric ester groups is 1. The number of phosphoric acid groups is 1. The average molecular weight is 368 g/mol.